The minimum Gasteiger partial charge on any atom is -0.325 e. The van der Waals surface area contributed by atoms with Gasteiger partial charge in [0.2, 0.25) is 0 Å². The quantitative estimate of drug-likeness (QED) is 0.869. The van der Waals surface area contributed by atoms with E-state index in [1.54, 1.807) is 0 Å². The van der Waals surface area contributed by atoms with Crippen molar-refractivity contribution in [1.82, 2.24) is 14.8 Å². The second-order valence-electron chi connectivity index (χ2n) is 5.80. The molecule has 0 spiro atoms. The van der Waals surface area contributed by atoms with E-state index in [1.807, 2.05) is 12.3 Å². The lowest BCUT2D eigenvalue weighted by Gasteiger charge is -2.33. The first-order chi connectivity index (χ1) is 9.19. The molecule has 19 heavy (non-hydrogen) atoms. The number of hydrogen-bond acceptors (Lipinski definition) is 4. The molecule has 1 aliphatic heterocycles. The van der Waals surface area contributed by atoms with Crippen LogP contribution in [-0.4, -0.2) is 48.5 Å². The molecular weight excluding hydrogens is 236 g/mol. The van der Waals surface area contributed by atoms with Crippen LogP contribution in [0.5, 0.6) is 0 Å². The Balaban J connectivity index is 1.85. The monoisotopic (exact) mass is 262 g/mol. The smallest absolute Gasteiger partial charge is 0.0584 e. The Morgan fingerprint density at radius 3 is 2.74 bits per heavy atom. The summed E-state index contributed by atoms with van der Waals surface area (Å²) in [6.45, 7) is 5.13. The Hall–Kier alpha value is -0.970. The van der Waals surface area contributed by atoms with E-state index in [4.69, 9.17) is 5.73 Å². The van der Waals surface area contributed by atoms with Crippen molar-refractivity contribution in [2.75, 3.05) is 33.7 Å². The predicted molar refractivity (Wildman–Crippen MR) is 78.7 cm³/mol. The Morgan fingerprint density at radius 2 is 2.11 bits per heavy atom. The average Bonchev–Trinajstić information content (AvgIpc) is 2.41. The average molecular weight is 262 g/mol. The van der Waals surface area contributed by atoms with E-state index in [1.165, 1.54) is 38.0 Å². The molecule has 0 bridgehead atoms. The summed E-state index contributed by atoms with van der Waals surface area (Å²) in [5, 5.41) is 0. The zero-order chi connectivity index (χ0) is 13.7. The van der Waals surface area contributed by atoms with E-state index >= 15 is 0 Å². The third-order valence-corrected chi connectivity index (χ3v) is 3.90. The lowest BCUT2D eigenvalue weighted by molar-refractivity contribution is 0.156. The van der Waals surface area contributed by atoms with E-state index in [9.17, 15) is 0 Å². The van der Waals surface area contributed by atoms with Crippen LogP contribution >= 0.6 is 0 Å². The number of nitrogens with two attached hydrogens (primary N) is 1. The summed E-state index contributed by atoms with van der Waals surface area (Å²) in [5.41, 5.74) is 8.07. The Bertz CT molecular complexity index is 383. The zero-order valence-electron chi connectivity index (χ0n) is 12.2. The molecular formula is C15H26N4. The van der Waals surface area contributed by atoms with Gasteiger partial charge in [0.25, 0.3) is 0 Å². The lowest BCUT2D eigenvalue weighted by atomic mass is 9.96. The summed E-state index contributed by atoms with van der Waals surface area (Å²) >= 11 is 0. The fourth-order valence-corrected chi connectivity index (χ4v) is 2.88. The maximum Gasteiger partial charge on any atom is 0.0584 e. The van der Waals surface area contributed by atoms with Gasteiger partial charge in [0.1, 0.15) is 0 Å². The van der Waals surface area contributed by atoms with Crippen molar-refractivity contribution in [3.8, 4) is 0 Å². The van der Waals surface area contributed by atoms with Crippen molar-refractivity contribution in [2.45, 2.75) is 25.9 Å². The standard InChI is InChI=1S/C15H26N4/c1-18(2)11-13-5-8-19(9-6-13)12-14-4-3-7-17-15(14)10-16/h3-4,7,13H,5-6,8-12,16H2,1-2H3. The van der Waals surface area contributed by atoms with Crippen molar-refractivity contribution in [3.05, 3.63) is 29.6 Å². The SMILES string of the molecule is CN(C)CC1CCN(Cc2cccnc2CN)CC1. The van der Waals surface area contributed by atoms with Gasteiger partial charge in [-0.3, -0.25) is 9.88 Å². The zero-order valence-corrected chi connectivity index (χ0v) is 12.2. The largest absolute Gasteiger partial charge is 0.325 e. The Kier molecular flexibility index (Phi) is 5.31. The summed E-state index contributed by atoms with van der Waals surface area (Å²) in [6.07, 6.45) is 4.43. The third kappa shape index (κ3) is 4.27. The van der Waals surface area contributed by atoms with Gasteiger partial charge in [-0.05, 0) is 57.6 Å². The molecule has 0 saturated carbocycles. The van der Waals surface area contributed by atoms with Gasteiger partial charge in [-0.1, -0.05) is 6.07 Å². The van der Waals surface area contributed by atoms with Crippen LogP contribution in [0.3, 0.4) is 0 Å². The molecule has 0 atom stereocenters. The highest BCUT2D eigenvalue weighted by Gasteiger charge is 2.20. The maximum absolute atomic E-state index is 5.75. The highest BCUT2D eigenvalue weighted by Crippen LogP contribution is 2.20. The van der Waals surface area contributed by atoms with Gasteiger partial charge in [0, 0.05) is 25.8 Å². The van der Waals surface area contributed by atoms with Gasteiger partial charge in [0.05, 0.1) is 5.69 Å². The molecule has 4 nitrogen and oxygen atoms in total. The molecule has 1 aromatic rings. The molecule has 1 saturated heterocycles. The Morgan fingerprint density at radius 1 is 1.37 bits per heavy atom. The molecule has 2 heterocycles. The van der Waals surface area contributed by atoms with Gasteiger partial charge in [-0.2, -0.15) is 0 Å². The first-order valence-electron chi connectivity index (χ1n) is 7.19. The summed E-state index contributed by atoms with van der Waals surface area (Å²) in [5.74, 6) is 0.856. The molecule has 106 valence electrons. The van der Waals surface area contributed by atoms with Crippen molar-refractivity contribution in [3.63, 3.8) is 0 Å². The van der Waals surface area contributed by atoms with Crippen LogP contribution in [-0.2, 0) is 13.1 Å². The van der Waals surface area contributed by atoms with Gasteiger partial charge >= 0.3 is 0 Å². The molecule has 1 aromatic heterocycles. The van der Waals surface area contributed by atoms with Crippen molar-refractivity contribution in [2.24, 2.45) is 11.7 Å². The van der Waals surface area contributed by atoms with Crippen LogP contribution in [0.25, 0.3) is 0 Å². The highest BCUT2D eigenvalue weighted by atomic mass is 15.1. The van der Waals surface area contributed by atoms with Crippen LogP contribution in [0.4, 0.5) is 0 Å². The molecule has 2 N–H and O–H groups in total. The van der Waals surface area contributed by atoms with E-state index in [-0.39, 0.29) is 0 Å². The molecule has 0 aliphatic carbocycles. The summed E-state index contributed by atoms with van der Waals surface area (Å²) in [4.78, 5) is 9.19. The maximum atomic E-state index is 5.75. The highest BCUT2D eigenvalue weighted by molar-refractivity contribution is 5.19. The van der Waals surface area contributed by atoms with Crippen LogP contribution in [0.15, 0.2) is 18.3 Å². The van der Waals surface area contributed by atoms with Crippen molar-refractivity contribution < 1.29 is 0 Å². The summed E-state index contributed by atoms with van der Waals surface area (Å²) in [7, 11) is 4.32. The van der Waals surface area contributed by atoms with Gasteiger partial charge in [-0.15, -0.1) is 0 Å². The van der Waals surface area contributed by atoms with Crippen molar-refractivity contribution in [1.29, 1.82) is 0 Å². The first-order valence-corrected chi connectivity index (χ1v) is 7.19. The van der Waals surface area contributed by atoms with E-state index in [0.29, 0.717) is 6.54 Å². The number of aromatic nitrogens is 1. The van der Waals surface area contributed by atoms with Crippen LogP contribution in [0.2, 0.25) is 0 Å². The van der Waals surface area contributed by atoms with Crippen LogP contribution < -0.4 is 5.73 Å². The molecule has 2 rings (SSSR count). The van der Waals surface area contributed by atoms with Gasteiger partial charge in [0.15, 0.2) is 0 Å². The molecule has 0 amide bonds. The van der Waals surface area contributed by atoms with Gasteiger partial charge < -0.3 is 10.6 Å². The summed E-state index contributed by atoms with van der Waals surface area (Å²) in [6, 6.07) is 4.16. The minimum atomic E-state index is 0.535. The number of piperidine rings is 1. The fraction of sp³-hybridized carbons (Fsp3) is 0.667. The number of hydrogen-bond donors (Lipinski definition) is 1. The normalized spacial score (nSPS) is 18.1. The molecule has 0 aromatic carbocycles. The number of nitrogens with zero attached hydrogens (tertiary/aromatic N) is 3. The second kappa shape index (κ2) is 6.98. The molecule has 1 fully saturated rings. The fourth-order valence-electron chi connectivity index (χ4n) is 2.88. The van der Waals surface area contributed by atoms with Crippen LogP contribution in [0, 0.1) is 5.92 Å². The summed E-state index contributed by atoms with van der Waals surface area (Å²) < 4.78 is 0. The lowest BCUT2D eigenvalue weighted by Crippen LogP contribution is -2.36. The predicted octanol–water partition coefficient (Wildman–Crippen LogP) is 1.31. The van der Waals surface area contributed by atoms with Crippen molar-refractivity contribution >= 4 is 0 Å². The molecule has 4 heteroatoms. The third-order valence-electron chi connectivity index (χ3n) is 3.90. The number of pyridine rings is 1. The van der Waals surface area contributed by atoms with E-state index in [2.05, 4.69) is 34.9 Å². The van der Waals surface area contributed by atoms with E-state index in [0.717, 1.165) is 18.2 Å². The molecule has 0 unspecified atom stereocenters. The number of rotatable bonds is 5. The second-order valence-corrected chi connectivity index (χ2v) is 5.80. The topological polar surface area (TPSA) is 45.4 Å². The molecule has 1 aliphatic rings. The minimum absolute atomic E-state index is 0.535. The van der Waals surface area contributed by atoms with Crippen LogP contribution in [0.1, 0.15) is 24.1 Å². The van der Waals surface area contributed by atoms with Gasteiger partial charge in [-0.25, -0.2) is 0 Å². The Labute approximate surface area is 116 Å². The van der Waals surface area contributed by atoms with E-state index < -0.39 is 0 Å². The molecule has 0 radical (unpaired) electrons. The number of likely N-dealkylation sites (tertiary alicyclic amines) is 1. The first kappa shape index (κ1) is 14.4.